The molecule has 0 radical (unpaired) electrons. The summed E-state index contributed by atoms with van der Waals surface area (Å²) in [6, 6.07) is 14.9. The number of benzene rings is 2. The number of hydrogen-bond donors (Lipinski definition) is 2. The van der Waals surface area contributed by atoms with Crippen molar-refractivity contribution in [3.05, 3.63) is 59.1 Å². The van der Waals surface area contributed by atoms with Crippen LogP contribution in [0.2, 0.25) is 0 Å². The average Bonchev–Trinajstić information content (AvgIpc) is 2.65. The van der Waals surface area contributed by atoms with E-state index in [1.54, 1.807) is 36.4 Å². The van der Waals surface area contributed by atoms with Gasteiger partial charge in [-0.2, -0.15) is 0 Å². The molecule has 1 atom stereocenters. The van der Waals surface area contributed by atoms with E-state index in [1.165, 1.54) is 19.1 Å². The predicted octanol–water partition coefficient (Wildman–Crippen LogP) is 2.23. The third-order valence-electron chi connectivity index (χ3n) is 3.50. The van der Waals surface area contributed by atoms with Crippen LogP contribution in [-0.2, 0) is 19.4 Å². The lowest BCUT2D eigenvalue weighted by Gasteiger charge is -2.15. The van der Waals surface area contributed by atoms with Crippen molar-refractivity contribution in [1.82, 2.24) is 10.9 Å². The van der Waals surface area contributed by atoms with Crippen molar-refractivity contribution >= 4 is 37.6 Å². The molecule has 2 rings (SSSR count). The molecular weight excluding hydrogens is 436 g/mol. The molecule has 27 heavy (non-hydrogen) atoms. The summed E-state index contributed by atoms with van der Waals surface area (Å²) in [5, 5.41) is 0. The highest BCUT2D eigenvalue weighted by molar-refractivity contribution is 9.10. The highest BCUT2D eigenvalue weighted by atomic mass is 79.9. The number of rotatable bonds is 7. The highest BCUT2D eigenvalue weighted by Gasteiger charge is 2.18. The average molecular weight is 455 g/mol. The van der Waals surface area contributed by atoms with Crippen LogP contribution in [0.15, 0.2) is 64.0 Å². The quantitative estimate of drug-likeness (QED) is 0.624. The summed E-state index contributed by atoms with van der Waals surface area (Å²) in [5.41, 5.74) is 4.42. The molecule has 0 bridgehead atoms. The second-order valence-corrected chi connectivity index (χ2v) is 8.66. The highest BCUT2D eigenvalue weighted by Crippen LogP contribution is 2.18. The van der Waals surface area contributed by atoms with E-state index in [2.05, 4.69) is 26.8 Å². The lowest BCUT2D eigenvalue weighted by molar-refractivity contribution is -0.132. The molecule has 0 unspecified atom stereocenters. The van der Waals surface area contributed by atoms with Gasteiger partial charge in [-0.25, -0.2) is 8.42 Å². The molecule has 0 fully saturated rings. The number of hydrogen-bond acceptors (Lipinski definition) is 5. The van der Waals surface area contributed by atoms with Crippen molar-refractivity contribution in [1.29, 1.82) is 0 Å². The number of sulfone groups is 1. The number of ether oxygens (including phenoxy) is 1. The van der Waals surface area contributed by atoms with Crippen LogP contribution < -0.4 is 15.6 Å². The largest absolute Gasteiger partial charge is 0.481 e. The number of halogens is 1. The van der Waals surface area contributed by atoms with Gasteiger partial charge in [0.2, 0.25) is 5.91 Å². The summed E-state index contributed by atoms with van der Waals surface area (Å²) >= 11 is 3.30. The molecule has 2 N–H and O–H groups in total. The Morgan fingerprint density at radius 1 is 1.07 bits per heavy atom. The number of nitrogens with one attached hydrogen (secondary N) is 2. The van der Waals surface area contributed by atoms with Crippen LogP contribution in [0.25, 0.3) is 0 Å². The van der Waals surface area contributed by atoms with Gasteiger partial charge < -0.3 is 4.74 Å². The molecule has 0 aromatic heterocycles. The minimum atomic E-state index is -3.56. The van der Waals surface area contributed by atoms with Crippen molar-refractivity contribution in [3.8, 4) is 5.75 Å². The summed E-state index contributed by atoms with van der Waals surface area (Å²) in [5.74, 6) is -1.04. The zero-order chi connectivity index (χ0) is 19.9. The Bertz CT molecular complexity index is 903. The van der Waals surface area contributed by atoms with E-state index in [0.717, 1.165) is 4.47 Å². The summed E-state index contributed by atoms with van der Waals surface area (Å²) in [6.45, 7) is 1.53. The molecule has 0 aliphatic carbocycles. The van der Waals surface area contributed by atoms with Crippen molar-refractivity contribution in [2.75, 3.05) is 5.75 Å². The van der Waals surface area contributed by atoms with E-state index >= 15 is 0 Å². The normalized spacial score (nSPS) is 12.1. The molecule has 0 saturated heterocycles. The number of amides is 2. The van der Waals surface area contributed by atoms with Crippen molar-refractivity contribution in [2.45, 2.75) is 24.3 Å². The molecule has 0 spiro atoms. The molecule has 144 valence electrons. The van der Waals surface area contributed by atoms with Gasteiger partial charge in [0.15, 0.2) is 15.9 Å². The van der Waals surface area contributed by atoms with Gasteiger partial charge in [-0.15, -0.1) is 0 Å². The predicted molar refractivity (Wildman–Crippen MR) is 104 cm³/mol. The van der Waals surface area contributed by atoms with Gasteiger partial charge in [0.05, 0.1) is 10.6 Å². The van der Waals surface area contributed by atoms with Gasteiger partial charge >= 0.3 is 0 Å². The van der Waals surface area contributed by atoms with E-state index in [4.69, 9.17) is 4.74 Å². The summed E-state index contributed by atoms with van der Waals surface area (Å²) < 4.78 is 30.5. The van der Waals surface area contributed by atoms with Crippen LogP contribution in [0.3, 0.4) is 0 Å². The summed E-state index contributed by atoms with van der Waals surface area (Å²) in [6.07, 6.45) is -1.13. The Morgan fingerprint density at radius 3 is 2.44 bits per heavy atom. The Morgan fingerprint density at radius 2 is 1.78 bits per heavy atom. The van der Waals surface area contributed by atoms with E-state index < -0.39 is 27.8 Å². The Kier molecular flexibility index (Phi) is 7.37. The molecule has 2 aromatic carbocycles. The molecule has 0 heterocycles. The minimum absolute atomic E-state index is 0.151. The number of hydrazine groups is 1. The molecule has 0 aliphatic heterocycles. The second kappa shape index (κ2) is 9.52. The molecule has 2 amide bonds. The smallest absolute Gasteiger partial charge is 0.279 e. The SMILES string of the molecule is C[C@@H](Oc1cccc(Br)c1)C(=O)NNC(=O)CCS(=O)(=O)c1ccccc1. The van der Waals surface area contributed by atoms with E-state index in [0.29, 0.717) is 5.75 Å². The monoisotopic (exact) mass is 454 g/mol. The molecule has 0 aliphatic rings. The van der Waals surface area contributed by atoms with E-state index in [1.807, 2.05) is 6.07 Å². The van der Waals surface area contributed by atoms with Crippen LogP contribution in [0.1, 0.15) is 13.3 Å². The van der Waals surface area contributed by atoms with Crippen molar-refractivity contribution in [2.24, 2.45) is 0 Å². The Labute approximate surface area is 166 Å². The maximum atomic E-state index is 12.1. The van der Waals surface area contributed by atoms with Crippen LogP contribution in [0.4, 0.5) is 0 Å². The van der Waals surface area contributed by atoms with Crippen LogP contribution in [0, 0.1) is 0 Å². The third kappa shape index (κ3) is 6.69. The standard InChI is InChI=1S/C18H19BrN2O5S/c1-13(26-15-7-5-6-14(19)12-15)18(23)21-20-17(22)10-11-27(24,25)16-8-3-2-4-9-16/h2-9,12-13H,10-11H2,1H3,(H,20,22)(H,21,23)/t13-/m1/s1. The lowest BCUT2D eigenvalue weighted by Crippen LogP contribution is -2.47. The third-order valence-corrected chi connectivity index (χ3v) is 5.73. The van der Waals surface area contributed by atoms with Gasteiger partial charge in [0, 0.05) is 10.9 Å². The molecule has 2 aromatic rings. The van der Waals surface area contributed by atoms with Gasteiger partial charge in [-0.3, -0.25) is 20.4 Å². The first kappa shape index (κ1) is 20.9. The minimum Gasteiger partial charge on any atom is -0.481 e. The van der Waals surface area contributed by atoms with Gasteiger partial charge in [0.25, 0.3) is 5.91 Å². The topological polar surface area (TPSA) is 102 Å². The van der Waals surface area contributed by atoms with Gasteiger partial charge in [0.1, 0.15) is 5.75 Å². The molecule has 0 saturated carbocycles. The Hall–Kier alpha value is -2.39. The maximum absolute atomic E-state index is 12.1. The fourth-order valence-corrected chi connectivity index (χ4v) is 3.71. The van der Waals surface area contributed by atoms with Crippen LogP contribution >= 0.6 is 15.9 Å². The first-order valence-electron chi connectivity index (χ1n) is 8.06. The van der Waals surface area contributed by atoms with E-state index in [-0.39, 0.29) is 17.1 Å². The van der Waals surface area contributed by atoms with Gasteiger partial charge in [-0.1, -0.05) is 40.2 Å². The number of carbonyl (C=O) groups is 2. The molecule has 7 nitrogen and oxygen atoms in total. The first-order valence-corrected chi connectivity index (χ1v) is 10.5. The maximum Gasteiger partial charge on any atom is 0.279 e. The van der Waals surface area contributed by atoms with Crippen molar-refractivity contribution < 1.29 is 22.7 Å². The van der Waals surface area contributed by atoms with Gasteiger partial charge in [-0.05, 0) is 37.3 Å². The summed E-state index contributed by atoms with van der Waals surface area (Å²) in [7, 11) is -3.56. The molecule has 9 heteroatoms. The first-order chi connectivity index (χ1) is 12.8. The summed E-state index contributed by atoms with van der Waals surface area (Å²) in [4.78, 5) is 23.9. The zero-order valence-electron chi connectivity index (χ0n) is 14.5. The van der Waals surface area contributed by atoms with Crippen LogP contribution in [0.5, 0.6) is 5.75 Å². The fraction of sp³-hybridized carbons (Fsp3) is 0.222. The molecular formula is C18H19BrN2O5S. The second-order valence-electron chi connectivity index (χ2n) is 5.64. The Balaban J connectivity index is 1.78. The lowest BCUT2D eigenvalue weighted by atomic mass is 10.3. The fourth-order valence-electron chi connectivity index (χ4n) is 2.07. The van der Waals surface area contributed by atoms with Crippen LogP contribution in [-0.4, -0.2) is 32.1 Å². The number of carbonyl (C=O) groups excluding carboxylic acids is 2. The zero-order valence-corrected chi connectivity index (χ0v) is 16.9. The van der Waals surface area contributed by atoms with Crippen molar-refractivity contribution in [3.63, 3.8) is 0 Å². The van der Waals surface area contributed by atoms with E-state index in [9.17, 15) is 18.0 Å².